The fraction of sp³-hybridized carbons (Fsp3) is 0.900. The molecule has 16 heavy (non-hydrogen) atoms. The van der Waals surface area contributed by atoms with E-state index in [0.29, 0.717) is 6.54 Å². The van der Waals surface area contributed by atoms with Crippen LogP contribution in [0.2, 0.25) is 0 Å². The van der Waals surface area contributed by atoms with Crippen molar-refractivity contribution in [1.29, 1.82) is 0 Å². The number of carbonyl (C=O) groups is 1. The van der Waals surface area contributed by atoms with Gasteiger partial charge in [-0.2, -0.15) is 0 Å². The number of aliphatic carboxylic acids is 1. The number of rotatable bonds is 4. The fourth-order valence-electron chi connectivity index (χ4n) is 1.76. The van der Waals surface area contributed by atoms with Crippen molar-refractivity contribution >= 4 is 5.97 Å². The summed E-state index contributed by atoms with van der Waals surface area (Å²) in [7, 11) is 0. The largest absolute Gasteiger partial charge is 0.480 e. The van der Waals surface area contributed by atoms with Crippen LogP contribution in [0.3, 0.4) is 0 Å². The lowest BCUT2D eigenvalue weighted by Gasteiger charge is -2.39. The van der Waals surface area contributed by atoms with Gasteiger partial charge >= 0.3 is 5.97 Å². The smallest absolute Gasteiger partial charge is 0.329 e. The van der Waals surface area contributed by atoms with Crippen molar-refractivity contribution in [2.75, 3.05) is 19.7 Å². The molecule has 1 saturated heterocycles. The van der Waals surface area contributed by atoms with E-state index in [1.54, 1.807) is 4.90 Å². The van der Waals surface area contributed by atoms with E-state index >= 15 is 0 Å². The van der Waals surface area contributed by atoms with Gasteiger partial charge in [-0.05, 0) is 20.3 Å². The van der Waals surface area contributed by atoms with Crippen LogP contribution >= 0.6 is 0 Å². The number of alkyl halides is 2. The van der Waals surface area contributed by atoms with Crippen molar-refractivity contribution in [1.82, 2.24) is 4.90 Å². The summed E-state index contributed by atoms with van der Waals surface area (Å²) >= 11 is 0. The second-order valence-electron chi connectivity index (χ2n) is 4.31. The molecule has 1 aliphatic rings. The molecule has 0 amide bonds. The highest BCUT2D eigenvalue weighted by atomic mass is 19.3. The molecule has 0 bridgehead atoms. The Hall–Kier alpha value is -0.750. The number of carboxylic acids is 1. The quantitative estimate of drug-likeness (QED) is 0.798. The molecule has 0 spiro atoms. The minimum absolute atomic E-state index is 0.0614. The molecule has 0 aromatic heterocycles. The summed E-state index contributed by atoms with van der Waals surface area (Å²) in [6, 6.07) is 0.0614. The van der Waals surface area contributed by atoms with Crippen molar-refractivity contribution < 1.29 is 23.4 Å². The van der Waals surface area contributed by atoms with E-state index in [2.05, 4.69) is 0 Å². The monoisotopic (exact) mass is 237 g/mol. The average molecular weight is 237 g/mol. The zero-order valence-corrected chi connectivity index (χ0v) is 9.45. The summed E-state index contributed by atoms with van der Waals surface area (Å²) in [5, 5.41) is 8.37. The summed E-state index contributed by atoms with van der Waals surface area (Å²) in [6.07, 6.45) is -1.11. The van der Waals surface area contributed by atoms with Crippen LogP contribution in [-0.4, -0.2) is 53.7 Å². The van der Waals surface area contributed by atoms with Crippen molar-refractivity contribution in [3.05, 3.63) is 0 Å². The first kappa shape index (κ1) is 13.3. The number of carboxylic acid groups (broad SMARTS) is 1. The summed E-state index contributed by atoms with van der Waals surface area (Å²) in [6.45, 7) is 3.19. The van der Waals surface area contributed by atoms with Crippen molar-refractivity contribution in [3.8, 4) is 0 Å². The molecule has 6 heteroatoms. The molecule has 1 N–H and O–H groups in total. The predicted octanol–water partition coefficient (Wildman–Crippen LogP) is 1.21. The average Bonchev–Trinajstić information content (AvgIpc) is 2.14. The van der Waals surface area contributed by atoms with Crippen molar-refractivity contribution in [2.45, 2.75) is 38.3 Å². The molecule has 0 aromatic carbocycles. The van der Waals surface area contributed by atoms with Gasteiger partial charge in [-0.3, -0.25) is 4.90 Å². The highest BCUT2D eigenvalue weighted by molar-refractivity contribution is 5.68. The van der Waals surface area contributed by atoms with Gasteiger partial charge in [0.1, 0.15) is 12.7 Å². The maximum Gasteiger partial charge on any atom is 0.329 e. The van der Waals surface area contributed by atoms with Crippen molar-refractivity contribution in [3.63, 3.8) is 0 Å². The molecule has 1 rings (SSSR count). The summed E-state index contributed by atoms with van der Waals surface area (Å²) in [5.74, 6) is -4.19. The van der Waals surface area contributed by atoms with E-state index in [0.717, 1.165) is 0 Å². The third-order valence-electron chi connectivity index (χ3n) is 2.70. The van der Waals surface area contributed by atoms with Crippen LogP contribution in [0.4, 0.5) is 8.78 Å². The molecule has 4 nitrogen and oxygen atoms in total. The number of hydrogen-bond donors (Lipinski definition) is 1. The number of ether oxygens (including phenoxy) is 1. The van der Waals surface area contributed by atoms with E-state index < -0.39 is 24.6 Å². The predicted molar refractivity (Wildman–Crippen MR) is 53.6 cm³/mol. The van der Waals surface area contributed by atoms with E-state index in [1.165, 1.54) is 0 Å². The molecule has 0 radical (unpaired) electrons. The standard InChI is InChI=1S/C10H17F2NO3/c1-7(2)13-4-3-8(10(11,12)6-13)16-5-9(14)15/h7-8H,3-6H2,1-2H3,(H,14,15). The number of nitrogens with zero attached hydrogens (tertiary/aromatic N) is 1. The molecule has 1 heterocycles. The van der Waals surface area contributed by atoms with Crippen LogP contribution in [0.1, 0.15) is 20.3 Å². The van der Waals surface area contributed by atoms with Crippen LogP contribution in [-0.2, 0) is 9.53 Å². The Morgan fingerprint density at radius 2 is 2.25 bits per heavy atom. The molecular formula is C10H17F2NO3. The first-order valence-corrected chi connectivity index (χ1v) is 5.28. The Labute approximate surface area is 93.2 Å². The maximum atomic E-state index is 13.6. The van der Waals surface area contributed by atoms with Gasteiger partial charge < -0.3 is 9.84 Å². The summed E-state index contributed by atoms with van der Waals surface area (Å²) in [4.78, 5) is 11.9. The molecule has 1 unspecified atom stereocenters. The van der Waals surface area contributed by atoms with Gasteiger partial charge in [0, 0.05) is 12.6 Å². The van der Waals surface area contributed by atoms with Crippen LogP contribution in [0.25, 0.3) is 0 Å². The Morgan fingerprint density at radius 1 is 1.62 bits per heavy atom. The highest BCUT2D eigenvalue weighted by Gasteiger charge is 2.46. The van der Waals surface area contributed by atoms with Gasteiger partial charge in [0.05, 0.1) is 6.54 Å². The Morgan fingerprint density at radius 3 is 2.69 bits per heavy atom. The van der Waals surface area contributed by atoms with Crippen LogP contribution < -0.4 is 0 Å². The molecule has 0 aromatic rings. The first-order valence-electron chi connectivity index (χ1n) is 5.28. The zero-order chi connectivity index (χ0) is 12.3. The Balaban J connectivity index is 2.53. The van der Waals surface area contributed by atoms with Crippen LogP contribution in [0.5, 0.6) is 0 Å². The van der Waals surface area contributed by atoms with Crippen molar-refractivity contribution in [2.24, 2.45) is 0 Å². The topological polar surface area (TPSA) is 49.8 Å². The van der Waals surface area contributed by atoms with Gasteiger partial charge in [-0.25, -0.2) is 13.6 Å². The second-order valence-corrected chi connectivity index (χ2v) is 4.31. The highest BCUT2D eigenvalue weighted by Crippen LogP contribution is 2.30. The lowest BCUT2D eigenvalue weighted by Crippen LogP contribution is -2.54. The maximum absolute atomic E-state index is 13.6. The molecule has 94 valence electrons. The lowest BCUT2D eigenvalue weighted by molar-refractivity contribution is -0.184. The molecule has 0 aliphatic carbocycles. The van der Waals surface area contributed by atoms with E-state index in [9.17, 15) is 13.6 Å². The number of halogens is 2. The van der Waals surface area contributed by atoms with Crippen LogP contribution in [0, 0.1) is 0 Å². The molecule has 0 saturated carbocycles. The summed E-state index contributed by atoms with van der Waals surface area (Å²) < 4.78 is 31.9. The van der Waals surface area contributed by atoms with E-state index in [4.69, 9.17) is 9.84 Å². The van der Waals surface area contributed by atoms with Gasteiger partial charge in [0.25, 0.3) is 5.92 Å². The molecule has 1 atom stereocenters. The van der Waals surface area contributed by atoms with Crippen LogP contribution in [0.15, 0.2) is 0 Å². The molecular weight excluding hydrogens is 220 g/mol. The molecule has 1 aliphatic heterocycles. The normalized spacial score (nSPS) is 25.9. The lowest BCUT2D eigenvalue weighted by atomic mass is 10.0. The number of likely N-dealkylation sites (tertiary alicyclic amines) is 1. The van der Waals surface area contributed by atoms with Gasteiger partial charge in [0.2, 0.25) is 0 Å². The third kappa shape index (κ3) is 3.38. The third-order valence-corrected chi connectivity index (χ3v) is 2.70. The fourth-order valence-corrected chi connectivity index (χ4v) is 1.76. The summed E-state index contributed by atoms with van der Waals surface area (Å²) in [5.41, 5.74) is 0. The van der Waals surface area contributed by atoms with Gasteiger partial charge in [0.15, 0.2) is 0 Å². The SMILES string of the molecule is CC(C)N1CCC(OCC(=O)O)C(F)(F)C1. The first-order chi connectivity index (χ1) is 7.33. The number of piperidine rings is 1. The Bertz CT molecular complexity index is 258. The zero-order valence-electron chi connectivity index (χ0n) is 9.45. The molecule has 1 fully saturated rings. The van der Waals surface area contributed by atoms with Gasteiger partial charge in [-0.15, -0.1) is 0 Å². The Kier molecular flexibility index (Phi) is 4.21. The van der Waals surface area contributed by atoms with E-state index in [1.807, 2.05) is 13.8 Å². The van der Waals surface area contributed by atoms with E-state index in [-0.39, 0.29) is 19.0 Å². The minimum atomic E-state index is -2.97. The number of hydrogen-bond acceptors (Lipinski definition) is 3. The second kappa shape index (κ2) is 5.05. The minimum Gasteiger partial charge on any atom is -0.480 e. The van der Waals surface area contributed by atoms with Gasteiger partial charge in [-0.1, -0.05) is 0 Å².